The Balaban J connectivity index is 1.44. The highest BCUT2D eigenvalue weighted by atomic mass is 32.2. The number of methoxy groups -OCH3 is 1. The number of carbonyl (C=O) groups excluding carboxylic acids is 2. The molecule has 0 aliphatic rings. The molecule has 3 aromatic rings. The second-order valence-electron chi connectivity index (χ2n) is 5.71. The molecular weight excluding hydrogens is 424 g/mol. The molecule has 0 aliphatic heterocycles. The Kier molecular flexibility index (Phi) is 7.20. The van der Waals surface area contributed by atoms with Gasteiger partial charge in [-0.05, 0) is 36.4 Å². The minimum atomic E-state index is -0.474. The van der Waals surface area contributed by atoms with E-state index in [1.807, 2.05) is 30.3 Å². The molecule has 0 fully saturated rings. The number of nitrogens with zero attached hydrogens (tertiary/aromatic N) is 3. The molecule has 3 N–H and O–H groups in total. The number of amides is 2. The van der Waals surface area contributed by atoms with Gasteiger partial charge in [0.15, 0.2) is 4.34 Å². The van der Waals surface area contributed by atoms with Crippen LogP contribution in [-0.2, 0) is 4.79 Å². The fourth-order valence-electron chi connectivity index (χ4n) is 2.20. The molecule has 152 valence electrons. The van der Waals surface area contributed by atoms with Gasteiger partial charge in [0.25, 0.3) is 5.91 Å². The highest BCUT2D eigenvalue weighted by Crippen LogP contribution is 2.28. The van der Waals surface area contributed by atoms with Gasteiger partial charge >= 0.3 is 0 Å². The van der Waals surface area contributed by atoms with Crippen LogP contribution in [0.3, 0.4) is 0 Å². The van der Waals surface area contributed by atoms with E-state index in [-0.39, 0.29) is 11.7 Å². The van der Waals surface area contributed by atoms with Gasteiger partial charge in [-0.3, -0.25) is 20.4 Å². The molecule has 0 saturated heterocycles. The van der Waals surface area contributed by atoms with Gasteiger partial charge in [0.05, 0.1) is 24.5 Å². The van der Waals surface area contributed by atoms with E-state index < -0.39 is 5.91 Å². The SMILES string of the molecule is COc1cccc(Nc2nnc(SCC(=O)NNC(=O)c3ccc(C#N)cc3)s2)c1. The van der Waals surface area contributed by atoms with Crippen molar-refractivity contribution >= 4 is 45.7 Å². The van der Waals surface area contributed by atoms with Gasteiger partial charge in [-0.25, -0.2) is 0 Å². The summed E-state index contributed by atoms with van der Waals surface area (Å²) in [5.74, 6) is -0.0848. The Labute approximate surface area is 180 Å². The van der Waals surface area contributed by atoms with Gasteiger partial charge < -0.3 is 10.1 Å². The number of aromatic nitrogens is 2. The van der Waals surface area contributed by atoms with E-state index in [4.69, 9.17) is 10.00 Å². The van der Waals surface area contributed by atoms with Crippen molar-refractivity contribution in [2.75, 3.05) is 18.2 Å². The van der Waals surface area contributed by atoms with Gasteiger partial charge in [-0.15, -0.1) is 10.2 Å². The van der Waals surface area contributed by atoms with Crippen molar-refractivity contribution in [3.05, 3.63) is 59.7 Å². The summed E-state index contributed by atoms with van der Waals surface area (Å²) in [5.41, 5.74) is 6.26. The normalized spacial score (nSPS) is 10.0. The van der Waals surface area contributed by atoms with Crippen LogP contribution in [0.15, 0.2) is 52.9 Å². The number of thioether (sulfide) groups is 1. The lowest BCUT2D eigenvalue weighted by molar-refractivity contribution is -0.119. The summed E-state index contributed by atoms with van der Waals surface area (Å²) < 4.78 is 5.78. The number of anilines is 2. The standard InChI is InChI=1S/C19H16N6O3S2/c1-28-15-4-2-3-14(9-15)21-18-24-25-19(30-18)29-11-16(26)22-23-17(27)13-7-5-12(10-20)6-8-13/h2-9H,11H2,1H3,(H,21,24)(H,22,26)(H,23,27). The average Bonchev–Trinajstić information content (AvgIpc) is 3.23. The highest BCUT2D eigenvalue weighted by Gasteiger charge is 2.11. The largest absolute Gasteiger partial charge is 0.497 e. The zero-order valence-electron chi connectivity index (χ0n) is 15.7. The predicted octanol–water partition coefficient (Wildman–Crippen LogP) is 2.72. The molecule has 2 amide bonds. The number of hydrazine groups is 1. The van der Waals surface area contributed by atoms with Crippen LogP contribution in [0.25, 0.3) is 0 Å². The third-order valence-electron chi connectivity index (χ3n) is 3.65. The van der Waals surface area contributed by atoms with E-state index in [0.29, 0.717) is 20.6 Å². The molecule has 0 aliphatic carbocycles. The summed E-state index contributed by atoms with van der Waals surface area (Å²) in [4.78, 5) is 24.0. The third-order valence-corrected chi connectivity index (χ3v) is 5.62. The summed E-state index contributed by atoms with van der Waals surface area (Å²) in [6, 6.07) is 15.4. The summed E-state index contributed by atoms with van der Waals surface area (Å²) >= 11 is 2.50. The molecule has 0 radical (unpaired) electrons. The maximum Gasteiger partial charge on any atom is 0.269 e. The van der Waals surface area contributed by atoms with E-state index in [1.165, 1.54) is 47.4 Å². The lowest BCUT2D eigenvalue weighted by Crippen LogP contribution is -2.42. The Morgan fingerprint density at radius 3 is 2.70 bits per heavy atom. The number of hydrogen-bond donors (Lipinski definition) is 3. The molecule has 1 aromatic heterocycles. The monoisotopic (exact) mass is 440 g/mol. The smallest absolute Gasteiger partial charge is 0.269 e. The average molecular weight is 441 g/mol. The second kappa shape index (κ2) is 10.2. The molecule has 0 saturated carbocycles. The zero-order valence-corrected chi connectivity index (χ0v) is 17.3. The molecule has 30 heavy (non-hydrogen) atoms. The summed E-state index contributed by atoms with van der Waals surface area (Å²) in [6.45, 7) is 0. The molecule has 0 unspecified atom stereocenters. The van der Waals surface area contributed by atoms with Gasteiger partial charge in [0.1, 0.15) is 5.75 Å². The summed E-state index contributed by atoms with van der Waals surface area (Å²) in [5, 5.41) is 20.6. The van der Waals surface area contributed by atoms with Crippen LogP contribution in [0.1, 0.15) is 15.9 Å². The topological polar surface area (TPSA) is 129 Å². The molecule has 1 heterocycles. The number of rotatable bonds is 7. The van der Waals surface area contributed by atoms with E-state index in [9.17, 15) is 9.59 Å². The quantitative estimate of drug-likeness (QED) is 0.378. The Morgan fingerprint density at radius 1 is 1.17 bits per heavy atom. The van der Waals surface area contributed by atoms with Crippen molar-refractivity contribution in [2.45, 2.75) is 4.34 Å². The predicted molar refractivity (Wildman–Crippen MR) is 114 cm³/mol. The fourth-order valence-corrected chi connectivity index (χ4v) is 3.77. The highest BCUT2D eigenvalue weighted by molar-refractivity contribution is 8.01. The number of nitriles is 1. The molecule has 0 atom stereocenters. The molecule has 0 spiro atoms. The Bertz CT molecular complexity index is 1080. The zero-order chi connectivity index (χ0) is 21.3. The number of hydrogen-bond acceptors (Lipinski definition) is 9. The molecule has 9 nitrogen and oxygen atoms in total. The molecule has 0 bridgehead atoms. The van der Waals surface area contributed by atoms with Crippen molar-refractivity contribution in [3.63, 3.8) is 0 Å². The minimum absolute atomic E-state index is 0.0570. The summed E-state index contributed by atoms with van der Waals surface area (Å²) in [7, 11) is 1.59. The molecular formula is C19H16N6O3S2. The van der Waals surface area contributed by atoms with E-state index in [0.717, 1.165) is 11.4 Å². The fraction of sp³-hybridized carbons (Fsp3) is 0.105. The van der Waals surface area contributed by atoms with Crippen LogP contribution in [-0.4, -0.2) is 34.9 Å². The van der Waals surface area contributed by atoms with E-state index >= 15 is 0 Å². The maximum atomic E-state index is 12.0. The number of nitrogens with one attached hydrogen (secondary N) is 3. The summed E-state index contributed by atoms with van der Waals surface area (Å²) in [6.07, 6.45) is 0. The van der Waals surface area contributed by atoms with Crippen molar-refractivity contribution in [2.24, 2.45) is 0 Å². The van der Waals surface area contributed by atoms with Crippen LogP contribution < -0.4 is 20.9 Å². The van der Waals surface area contributed by atoms with Crippen LogP contribution in [0.5, 0.6) is 5.75 Å². The van der Waals surface area contributed by atoms with Crippen molar-refractivity contribution in [1.29, 1.82) is 5.26 Å². The third kappa shape index (κ3) is 5.94. The number of benzene rings is 2. The maximum absolute atomic E-state index is 12.0. The lowest BCUT2D eigenvalue weighted by Gasteiger charge is -2.06. The van der Waals surface area contributed by atoms with E-state index in [2.05, 4.69) is 26.4 Å². The van der Waals surface area contributed by atoms with Gasteiger partial charge in [0.2, 0.25) is 11.0 Å². The first-order valence-electron chi connectivity index (χ1n) is 8.54. The van der Waals surface area contributed by atoms with Crippen LogP contribution in [0.4, 0.5) is 10.8 Å². The Morgan fingerprint density at radius 2 is 1.97 bits per heavy atom. The minimum Gasteiger partial charge on any atom is -0.497 e. The first-order valence-corrected chi connectivity index (χ1v) is 10.3. The van der Waals surface area contributed by atoms with E-state index in [1.54, 1.807) is 7.11 Å². The molecule has 3 rings (SSSR count). The first kappa shape index (κ1) is 21.1. The number of carbonyl (C=O) groups is 2. The molecule has 11 heteroatoms. The molecule has 2 aromatic carbocycles. The Hall–Kier alpha value is -3.62. The second-order valence-corrected chi connectivity index (χ2v) is 7.91. The van der Waals surface area contributed by atoms with Crippen LogP contribution in [0.2, 0.25) is 0 Å². The van der Waals surface area contributed by atoms with Crippen molar-refractivity contribution in [1.82, 2.24) is 21.0 Å². The van der Waals surface area contributed by atoms with Gasteiger partial charge in [-0.1, -0.05) is 29.2 Å². The van der Waals surface area contributed by atoms with Gasteiger partial charge in [-0.2, -0.15) is 5.26 Å². The lowest BCUT2D eigenvalue weighted by atomic mass is 10.1. The van der Waals surface area contributed by atoms with Crippen molar-refractivity contribution in [3.8, 4) is 11.8 Å². The van der Waals surface area contributed by atoms with Gasteiger partial charge in [0, 0.05) is 17.3 Å². The van der Waals surface area contributed by atoms with Crippen molar-refractivity contribution < 1.29 is 14.3 Å². The van der Waals surface area contributed by atoms with Crippen LogP contribution in [0, 0.1) is 11.3 Å². The number of ether oxygens (including phenoxy) is 1. The van der Waals surface area contributed by atoms with Crippen LogP contribution >= 0.6 is 23.1 Å². The first-order chi connectivity index (χ1) is 14.6.